The van der Waals surface area contributed by atoms with Gasteiger partial charge in [-0.2, -0.15) is 0 Å². The predicted octanol–water partition coefficient (Wildman–Crippen LogP) is 4.67. The molecule has 0 saturated heterocycles. The van der Waals surface area contributed by atoms with Crippen molar-refractivity contribution in [2.24, 2.45) is 5.41 Å². The fourth-order valence-corrected chi connectivity index (χ4v) is 2.83. The van der Waals surface area contributed by atoms with E-state index in [0.717, 1.165) is 13.2 Å². The highest BCUT2D eigenvalue weighted by atomic mass is 16.5. The lowest BCUT2D eigenvalue weighted by Gasteiger charge is -2.34. The van der Waals surface area contributed by atoms with Crippen LogP contribution in [0.5, 0.6) is 0 Å². The third kappa shape index (κ3) is 5.80. The van der Waals surface area contributed by atoms with Gasteiger partial charge in [-0.25, -0.2) is 0 Å². The van der Waals surface area contributed by atoms with E-state index in [0.29, 0.717) is 17.6 Å². The van der Waals surface area contributed by atoms with Gasteiger partial charge in [0, 0.05) is 12.6 Å². The highest BCUT2D eigenvalue weighted by Gasteiger charge is 2.27. The molecule has 0 spiro atoms. The first-order chi connectivity index (χ1) is 9.94. The lowest BCUT2D eigenvalue weighted by atomic mass is 9.76. The molecular weight excluding hydrogens is 258 g/mol. The fraction of sp³-hybridized carbons (Fsp3) is 0.684. The number of rotatable bonds is 6. The van der Waals surface area contributed by atoms with E-state index < -0.39 is 0 Å². The Labute approximate surface area is 130 Å². The average molecular weight is 289 g/mol. The van der Waals surface area contributed by atoms with Gasteiger partial charge in [0.15, 0.2) is 0 Å². The molecule has 0 aromatic heterocycles. The first-order valence-corrected chi connectivity index (χ1v) is 8.37. The summed E-state index contributed by atoms with van der Waals surface area (Å²) >= 11 is 0. The average Bonchev–Trinajstić information content (AvgIpc) is 2.45. The molecule has 1 fully saturated rings. The van der Waals surface area contributed by atoms with Gasteiger partial charge < -0.3 is 10.1 Å². The number of nitrogens with one attached hydrogen (secondary N) is 1. The number of hydrogen-bond acceptors (Lipinski definition) is 2. The minimum Gasteiger partial charge on any atom is -0.374 e. The minimum atomic E-state index is 0.459. The molecule has 1 saturated carbocycles. The molecule has 2 rings (SSSR count). The van der Waals surface area contributed by atoms with Gasteiger partial charge in [-0.1, -0.05) is 52.0 Å². The molecule has 0 amide bonds. The van der Waals surface area contributed by atoms with Crippen LogP contribution in [0.2, 0.25) is 0 Å². The van der Waals surface area contributed by atoms with Crippen LogP contribution in [-0.4, -0.2) is 12.1 Å². The molecule has 1 aromatic rings. The Morgan fingerprint density at radius 1 is 1.10 bits per heavy atom. The maximum atomic E-state index is 6.08. The molecule has 0 atom stereocenters. The Hall–Kier alpha value is -0.860. The van der Waals surface area contributed by atoms with Crippen molar-refractivity contribution in [2.75, 3.05) is 0 Å². The van der Waals surface area contributed by atoms with Crippen LogP contribution in [0.3, 0.4) is 0 Å². The lowest BCUT2D eigenvalue weighted by Crippen LogP contribution is -2.26. The molecule has 21 heavy (non-hydrogen) atoms. The van der Waals surface area contributed by atoms with E-state index in [-0.39, 0.29) is 0 Å². The molecular formula is C19H31NO. The second kappa shape index (κ2) is 7.42. The van der Waals surface area contributed by atoms with Gasteiger partial charge in [0.25, 0.3) is 0 Å². The Morgan fingerprint density at radius 2 is 1.67 bits per heavy atom. The predicted molar refractivity (Wildman–Crippen MR) is 89.2 cm³/mol. The molecule has 0 heterocycles. The standard InChI is InChI=1S/C19H31NO/c1-15(2)20-13-16-5-7-17(8-6-16)14-21-18-9-11-19(3,4)12-10-18/h5-8,15,18,20H,9-14H2,1-4H3. The molecule has 1 aromatic carbocycles. The Morgan fingerprint density at radius 3 is 2.24 bits per heavy atom. The van der Waals surface area contributed by atoms with Crippen molar-refractivity contribution in [1.29, 1.82) is 0 Å². The first-order valence-electron chi connectivity index (χ1n) is 8.37. The largest absolute Gasteiger partial charge is 0.374 e. The van der Waals surface area contributed by atoms with Crippen molar-refractivity contribution in [3.05, 3.63) is 35.4 Å². The molecule has 2 heteroatoms. The summed E-state index contributed by atoms with van der Waals surface area (Å²) in [6.45, 7) is 10.8. The smallest absolute Gasteiger partial charge is 0.0720 e. The third-order valence-electron chi connectivity index (χ3n) is 4.51. The van der Waals surface area contributed by atoms with Crippen LogP contribution >= 0.6 is 0 Å². The second-order valence-electron chi connectivity index (χ2n) is 7.53. The monoisotopic (exact) mass is 289 g/mol. The molecule has 1 N–H and O–H groups in total. The van der Waals surface area contributed by atoms with E-state index in [1.165, 1.54) is 36.8 Å². The lowest BCUT2D eigenvalue weighted by molar-refractivity contribution is -0.00559. The van der Waals surface area contributed by atoms with Crippen molar-refractivity contribution in [2.45, 2.75) is 78.7 Å². The number of hydrogen-bond donors (Lipinski definition) is 1. The molecule has 118 valence electrons. The molecule has 0 aliphatic heterocycles. The second-order valence-corrected chi connectivity index (χ2v) is 7.53. The summed E-state index contributed by atoms with van der Waals surface area (Å²) < 4.78 is 6.08. The summed E-state index contributed by atoms with van der Waals surface area (Å²) in [6, 6.07) is 9.34. The zero-order chi connectivity index (χ0) is 15.3. The van der Waals surface area contributed by atoms with Crippen LogP contribution in [0, 0.1) is 5.41 Å². The van der Waals surface area contributed by atoms with E-state index in [1.54, 1.807) is 0 Å². The van der Waals surface area contributed by atoms with Crippen LogP contribution < -0.4 is 5.32 Å². The highest BCUT2D eigenvalue weighted by molar-refractivity contribution is 5.22. The zero-order valence-corrected chi connectivity index (χ0v) is 14.1. The minimum absolute atomic E-state index is 0.459. The topological polar surface area (TPSA) is 21.3 Å². The zero-order valence-electron chi connectivity index (χ0n) is 14.1. The quantitative estimate of drug-likeness (QED) is 0.821. The van der Waals surface area contributed by atoms with Gasteiger partial charge in [0.1, 0.15) is 0 Å². The van der Waals surface area contributed by atoms with Gasteiger partial charge in [0.2, 0.25) is 0 Å². The summed E-state index contributed by atoms with van der Waals surface area (Å²) in [6.07, 6.45) is 5.46. The molecule has 1 aliphatic carbocycles. The maximum Gasteiger partial charge on any atom is 0.0720 e. The van der Waals surface area contributed by atoms with E-state index >= 15 is 0 Å². The van der Waals surface area contributed by atoms with E-state index in [1.807, 2.05) is 0 Å². The van der Waals surface area contributed by atoms with Gasteiger partial charge in [-0.3, -0.25) is 0 Å². The van der Waals surface area contributed by atoms with E-state index in [9.17, 15) is 0 Å². The van der Waals surface area contributed by atoms with Gasteiger partial charge >= 0.3 is 0 Å². The number of benzene rings is 1. The summed E-state index contributed by atoms with van der Waals surface area (Å²) in [5.74, 6) is 0. The molecule has 2 nitrogen and oxygen atoms in total. The SMILES string of the molecule is CC(C)NCc1ccc(COC2CCC(C)(C)CC2)cc1. The maximum absolute atomic E-state index is 6.08. The normalized spacial score (nSPS) is 19.1. The molecule has 0 radical (unpaired) electrons. The number of ether oxygens (including phenoxy) is 1. The van der Waals surface area contributed by atoms with Crippen LogP contribution in [0.4, 0.5) is 0 Å². The summed E-state index contributed by atoms with van der Waals surface area (Å²) in [5.41, 5.74) is 3.14. The van der Waals surface area contributed by atoms with Crippen molar-refractivity contribution < 1.29 is 4.74 Å². The van der Waals surface area contributed by atoms with Gasteiger partial charge in [0.05, 0.1) is 12.7 Å². The Bertz CT molecular complexity index is 412. The van der Waals surface area contributed by atoms with E-state index in [2.05, 4.69) is 57.3 Å². The van der Waals surface area contributed by atoms with Crippen LogP contribution in [-0.2, 0) is 17.9 Å². The summed E-state index contributed by atoms with van der Waals surface area (Å²) in [7, 11) is 0. The van der Waals surface area contributed by atoms with Crippen molar-refractivity contribution >= 4 is 0 Å². The van der Waals surface area contributed by atoms with Gasteiger partial charge in [-0.05, 0) is 42.2 Å². The van der Waals surface area contributed by atoms with Crippen LogP contribution in [0.25, 0.3) is 0 Å². The van der Waals surface area contributed by atoms with Gasteiger partial charge in [-0.15, -0.1) is 0 Å². The van der Waals surface area contributed by atoms with E-state index in [4.69, 9.17) is 4.74 Å². The van der Waals surface area contributed by atoms with Crippen molar-refractivity contribution in [1.82, 2.24) is 5.32 Å². The van der Waals surface area contributed by atoms with Crippen LogP contribution in [0.1, 0.15) is 64.5 Å². The fourth-order valence-electron chi connectivity index (χ4n) is 2.83. The third-order valence-corrected chi connectivity index (χ3v) is 4.51. The highest BCUT2D eigenvalue weighted by Crippen LogP contribution is 2.36. The summed E-state index contributed by atoms with van der Waals surface area (Å²) in [5, 5.41) is 3.44. The van der Waals surface area contributed by atoms with Crippen LogP contribution in [0.15, 0.2) is 24.3 Å². The molecule has 1 aliphatic rings. The first kappa shape index (κ1) is 16.5. The summed E-state index contributed by atoms with van der Waals surface area (Å²) in [4.78, 5) is 0. The molecule has 0 unspecified atom stereocenters. The Balaban J connectivity index is 1.74. The van der Waals surface area contributed by atoms with Crippen molar-refractivity contribution in [3.63, 3.8) is 0 Å². The molecule has 0 bridgehead atoms. The van der Waals surface area contributed by atoms with Crippen molar-refractivity contribution in [3.8, 4) is 0 Å². The Kier molecular flexibility index (Phi) is 5.83.